The third-order valence-corrected chi connectivity index (χ3v) is 4.08. The first-order valence-corrected chi connectivity index (χ1v) is 7.96. The van der Waals surface area contributed by atoms with Crippen LogP contribution >= 0.6 is 27.3 Å². The van der Waals surface area contributed by atoms with Crippen LogP contribution < -0.4 is 10.2 Å². The highest BCUT2D eigenvalue weighted by molar-refractivity contribution is 9.10. The molecule has 0 atom stereocenters. The Morgan fingerprint density at radius 1 is 1.59 bits per heavy atom. The second kappa shape index (κ2) is 7.37. The van der Waals surface area contributed by atoms with Crippen molar-refractivity contribution in [3.63, 3.8) is 0 Å². The summed E-state index contributed by atoms with van der Waals surface area (Å²) in [5, 5.41) is 16.4. The molecule has 0 saturated heterocycles. The number of amides is 1. The maximum absolute atomic E-state index is 11.7. The predicted octanol–water partition coefficient (Wildman–Crippen LogP) is 2.62. The van der Waals surface area contributed by atoms with E-state index in [2.05, 4.69) is 31.4 Å². The van der Waals surface area contributed by atoms with Gasteiger partial charge in [-0.1, -0.05) is 15.9 Å². The number of ether oxygens (including phenoxy) is 1. The number of halogens is 1. The molecule has 2 N–H and O–H groups in total. The number of carbonyl (C=O) groups excluding carboxylic acids is 1. The second-order valence-electron chi connectivity index (χ2n) is 4.40. The van der Waals surface area contributed by atoms with Crippen LogP contribution in [0.15, 0.2) is 27.1 Å². The zero-order valence-electron chi connectivity index (χ0n) is 12.0. The molecule has 116 valence electrons. The predicted molar refractivity (Wildman–Crippen MR) is 88.7 cm³/mol. The number of phenolic OH excluding ortho intramolecular Hbond substituents is 1. The van der Waals surface area contributed by atoms with E-state index in [1.807, 2.05) is 12.3 Å². The summed E-state index contributed by atoms with van der Waals surface area (Å²) in [4.78, 5) is 15.9. The summed E-state index contributed by atoms with van der Waals surface area (Å²) in [6, 6.07) is 3.30. The van der Waals surface area contributed by atoms with E-state index in [9.17, 15) is 9.90 Å². The minimum Gasteiger partial charge on any atom is -0.504 e. The highest BCUT2D eigenvalue weighted by Crippen LogP contribution is 2.32. The van der Waals surface area contributed by atoms with Gasteiger partial charge in [0.2, 0.25) is 5.91 Å². The number of aromatic nitrogens is 1. The molecular weight excluding hydrogens is 370 g/mol. The van der Waals surface area contributed by atoms with Crippen LogP contribution in [0.3, 0.4) is 0 Å². The first-order valence-electron chi connectivity index (χ1n) is 6.29. The number of hydrazone groups is 1. The minimum absolute atomic E-state index is 0.0424. The van der Waals surface area contributed by atoms with Crippen molar-refractivity contribution < 1.29 is 14.6 Å². The molecule has 2 aromatic rings. The monoisotopic (exact) mass is 383 g/mol. The van der Waals surface area contributed by atoms with Gasteiger partial charge < -0.3 is 9.84 Å². The van der Waals surface area contributed by atoms with Gasteiger partial charge in [-0.2, -0.15) is 5.10 Å². The van der Waals surface area contributed by atoms with E-state index >= 15 is 0 Å². The summed E-state index contributed by atoms with van der Waals surface area (Å²) >= 11 is 4.74. The van der Waals surface area contributed by atoms with Crippen LogP contribution in [0.4, 0.5) is 0 Å². The molecule has 0 unspecified atom stereocenters. The number of hydrogen-bond donors (Lipinski definition) is 2. The Labute approximate surface area is 140 Å². The van der Waals surface area contributed by atoms with Gasteiger partial charge in [0.15, 0.2) is 11.5 Å². The second-order valence-corrected chi connectivity index (χ2v) is 6.26. The van der Waals surface area contributed by atoms with Crippen molar-refractivity contribution in [2.45, 2.75) is 13.3 Å². The van der Waals surface area contributed by atoms with Gasteiger partial charge in [0.1, 0.15) is 5.01 Å². The highest BCUT2D eigenvalue weighted by atomic mass is 79.9. The van der Waals surface area contributed by atoms with Crippen molar-refractivity contribution in [2.75, 3.05) is 7.11 Å². The zero-order valence-corrected chi connectivity index (χ0v) is 14.4. The number of hydrogen-bond acceptors (Lipinski definition) is 6. The van der Waals surface area contributed by atoms with Crippen LogP contribution in [-0.2, 0) is 11.2 Å². The zero-order chi connectivity index (χ0) is 16.1. The van der Waals surface area contributed by atoms with E-state index in [-0.39, 0.29) is 18.1 Å². The van der Waals surface area contributed by atoms with E-state index in [1.165, 1.54) is 24.7 Å². The molecule has 0 bridgehead atoms. The standard InChI is InChI=1S/C14H14BrN3O3S/c1-8-7-22-13(17-8)5-12(19)18-16-6-9-3-10(15)4-11(21-2)14(9)20/h3-4,6-7,20H,5H2,1-2H3,(H,18,19)/b16-6+. The molecule has 0 radical (unpaired) electrons. The number of thiazole rings is 1. The van der Waals surface area contributed by atoms with E-state index < -0.39 is 0 Å². The maximum Gasteiger partial charge on any atom is 0.246 e. The van der Waals surface area contributed by atoms with E-state index in [1.54, 1.807) is 12.1 Å². The van der Waals surface area contributed by atoms with E-state index in [0.29, 0.717) is 11.3 Å². The lowest BCUT2D eigenvalue weighted by molar-refractivity contribution is -0.120. The molecule has 0 aliphatic rings. The lowest BCUT2D eigenvalue weighted by Gasteiger charge is -2.06. The third-order valence-electron chi connectivity index (χ3n) is 2.66. The van der Waals surface area contributed by atoms with Gasteiger partial charge in [-0.25, -0.2) is 10.4 Å². The number of aryl methyl sites for hydroxylation is 1. The van der Waals surface area contributed by atoms with Crippen molar-refractivity contribution in [1.29, 1.82) is 0 Å². The van der Waals surface area contributed by atoms with Crippen molar-refractivity contribution in [2.24, 2.45) is 5.10 Å². The Bertz CT molecular complexity index is 715. The summed E-state index contributed by atoms with van der Waals surface area (Å²) in [6.07, 6.45) is 1.53. The molecule has 1 amide bonds. The van der Waals surface area contributed by atoms with Crippen molar-refractivity contribution >= 4 is 39.4 Å². The fourth-order valence-electron chi connectivity index (χ4n) is 1.68. The molecule has 0 saturated carbocycles. The molecule has 22 heavy (non-hydrogen) atoms. The normalized spacial score (nSPS) is 10.9. The van der Waals surface area contributed by atoms with Gasteiger partial charge in [0, 0.05) is 21.1 Å². The minimum atomic E-state index is -0.271. The lowest BCUT2D eigenvalue weighted by atomic mass is 10.2. The first kappa shape index (κ1) is 16.4. The van der Waals surface area contributed by atoms with Crippen LogP contribution in [-0.4, -0.2) is 29.3 Å². The summed E-state index contributed by atoms with van der Waals surface area (Å²) in [6.45, 7) is 1.87. The summed E-state index contributed by atoms with van der Waals surface area (Å²) in [5.41, 5.74) is 3.72. The Hall–Kier alpha value is -1.93. The molecule has 6 nitrogen and oxygen atoms in total. The molecule has 1 aromatic carbocycles. The number of benzene rings is 1. The molecule has 0 spiro atoms. The smallest absolute Gasteiger partial charge is 0.246 e. The van der Waals surface area contributed by atoms with Crippen LogP contribution in [0, 0.1) is 6.92 Å². The van der Waals surface area contributed by atoms with Crippen molar-refractivity contribution in [1.82, 2.24) is 10.4 Å². The van der Waals surface area contributed by atoms with E-state index in [4.69, 9.17) is 4.74 Å². The van der Waals surface area contributed by atoms with E-state index in [0.717, 1.165) is 15.2 Å². The molecule has 1 aromatic heterocycles. The fraction of sp³-hybridized carbons (Fsp3) is 0.214. The van der Waals surface area contributed by atoms with Gasteiger partial charge in [0.25, 0.3) is 0 Å². The van der Waals surface area contributed by atoms with Crippen molar-refractivity contribution in [3.05, 3.63) is 38.3 Å². The molecule has 8 heteroatoms. The van der Waals surface area contributed by atoms with Gasteiger partial charge in [-0.05, 0) is 19.1 Å². The van der Waals surface area contributed by atoms with Crippen LogP contribution in [0.1, 0.15) is 16.3 Å². The Morgan fingerprint density at radius 2 is 2.36 bits per heavy atom. The number of nitrogens with one attached hydrogen (secondary N) is 1. The average molecular weight is 384 g/mol. The number of carbonyl (C=O) groups is 1. The number of methoxy groups -OCH3 is 1. The van der Waals surface area contributed by atoms with Crippen molar-refractivity contribution in [3.8, 4) is 11.5 Å². The van der Waals surface area contributed by atoms with Crippen LogP contribution in [0.25, 0.3) is 0 Å². The molecule has 2 rings (SSSR count). The Morgan fingerprint density at radius 3 is 3.00 bits per heavy atom. The van der Waals surface area contributed by atoms with Gasteiger partial charge in [-0.15, -0.1) is 11.3 Å². The maximum atomic E-state index is 11.7. The number of rotatable bonds is 5. The van der Waals surface area contributed by atoms with Gasteiger partial charge >= 0.3 is 0 Å². The van der Waals surface area contributed by atoms with Crippen LogP contribution in [0.2, 0.25) is 0 Å². The Balaban J connectivity index is 2.00. The molecule has 0 aliphatic carbocycles. The largest absolute Gasteiger partial charge is 0.504 e. The first-order chi connectivity index (χ1) is 10.5. The third kappa shape index (κ3) is 4.28. The van der Waals surface area contributed by atoms with Gasteiger partial charge in [0.05, 0.1) is 19.7 Å². The topological polar surface area (TPSA) is 83.8 Å². The number of aromatic hydroxyl groups is 1. The SMILES string of the molecule is COc1cc(Br)cc(/C=N/NC(=O)Cc2nc(C)cs2)c1O. The van der Waals surface area contributed by atoms with Gasteiger partial charge in [-0.3, -0.25) is 4.79 Å². The summed E-state index contributed by atoms with van der Waals surface area (Å²) in [5.74, 6) is 0.00621. The molecule has 0 aliphatic heterocycles. The summed E-state index contributed by atoms with van der Waals surface area (Å²) < 4.78 is 5.77. The molecule has 0 fully saturated rings. The van der Waals surface area contributed by atoms with Crippen LogP contribution in [0.5, 0.6) is 11.5 Å². The number of nitrogens with zero attached hydrogens (tertiary/aromatic N) is 2. The summed E-state index contributed by atoms with van der Waals surface area (Å²) in [7, 11) is 1.46. The Kier molecular flexibility index (Phi) is 5.51. The number of phenols is 1. The fourth-order valence-corrected chi connectivity index (χ4v) is 2.91. The highest BCUT2D eigenvalue weighted by Gasteiger charge is 2.09. The quantitative estimate of drug-likeness (QED) is 0.613. The average Bonchev–Trinajstić information content (AvgIpc) is 2.87. The molecular formula is C14H14BrN3O3S. The lowest BCUT2D eigenvalue weighted by Crippen LogP contribution is -2.19. The molecule has 1 heterocycles.